The Labute approximate surface area is 179 Å². The molecule has 0 amide bonds. The minimum absolute atomic E-state index is 0.0204. The number of methoxy groups -OCH3 is 2. The number of benzene rings is 2. The first-order valence-electron chi connectivity index (χ1n) is 9.06. The molecule has 0 aliphatic carbocycles. The smallest absolute Gasteiger partial charge is 0.192 e. The molecule has 0 N–H and O–H groups in total. The monoisotopic (exact) mass is 431 g/mol. The number of hydrogen-bond acceptors (Lipinski definition) is 6. The molecule has 0 radical (unpaired) electrons. The Balaban J connectivity index is 1.83. The molecule has 8 heteroatoms. The van der Waals surface area contributed by atoms with Crippen molar-refractivity contribution in [2.24, 2.45) is 0 Å². The average molecular weight is 432 g/mol. The van der Waals surface area contributed by atoms with Crippen molar-refractivity contribution in [1.82, 2.24) is 14.8 Å². The van der Waals surface area contributed by atoms with Gasteiger partial charge in [-0.05, 0) is 55.5 Å². The van der Waals surface area contributed by atoms with Gasteiger partial charge in [-0.1, -0.05) is 23.4 Å². The highest BCUT2D eigenvalue weighted by molar-refractivity contribution is 8.00. The summed E-state index contributed by atoms with van der Waals surface area (Å²) in [5.74, 6) is 1.45. The molecule has 0 saturated heterocycles. The van der Waals surface area contributed by atoms with Crippen LogP contribution in [-0.4, -0.2) is 46.6 Å². The number of nitrogens with zero attached hydrogens (tertiary/aromatic N) is 3. The van der Waals surface area contributed by atoms with Crippen molar-refractivity contribution in [2.45, 2.75) is 23.9 Å². The Morgan fingerprint density at radius 2 is 1.79 bits per heavy atom. The summed E-state index contributed by atoms with van der Waals surface area (Å²) in [6.45, 7) is 2.95. The first kappa shape index (κ1) is 21.4. The van der Waals surface area contributed by atoms with E-state index in [0.29, 0.717) is 40.5 Å². The number of Topliss-reactive ketones (excluding diaryl/α,β-unsaturated/α-hetero) is 1. The summed E-state index contributed by atoms with van der Waals surface area (Å²) in [5.41, 5.74) is 1.53. The van der Waals surface area contributed by atoms with Gasteiger partial charge < -0.3 is 9.47 Å². The molecule has 1 unspecified atom stereocenters. The van der Waals surface area contributed by atoms with Crippen LogP contribution in [0.3, 0.4) is 0 Å². The maximum Gasteiger partial charge on any atom is 0.192 e. The van der Waals surface area contributed by atoms with Gasteiger partial charge in [0.25, 0.3) is 0 Å². The molecule has 29 heavy (non-hydrogen) atoms. The van der Waals surface area contributed by atoms with Gasteiger partial charge in [0, 0.05) is 23.3 Å². The Morgan fingerprint density at radius 1 is 1.10 bits per heavy atom. The van der Waals surface area contributed by atoms with Crippen LogP contribution in [0.1, 0.15) is 17.3 Å². The Morgan fingerprint density at radius 3 is 2.41 bits per heavy atom. The second-order valence-electron chi connectivity index (χ2n) is 6.31. The van der Waals surface area contributed by atoms with Crippen molar-refractivity contribution in [3.63, 3.8) is 0 Å². The third-order valence-electron chi connectivity index (χ3n) is 4.36. The predicted octanol–water partition coefficient (Wildman–Crippen LogP) is 4.62. The predicted molar refractivity (Wildman–Crippen MR) is 115 cm³/mol. The number of hydrogen-bond donors (Lipinski definition) is 0. The van der Waals surface area contributed by atoms with Crippen molar-refractivity contribution in [3.8, 4) is 17.1 Å². The van der Waals surface area contributed by atoms with Crippen LogP contribution in [0.15, 0.2) is 53.7 Å². The maximum atomic E-state index is 12.8. The van der Waals surface area contributed by atoms with E-state index in [1.54, 1.807) is 38.5 Å². The van der Waals surface area contributed by atoms with Crippen LogP contribution in [0.5, 0.6) is 5.75 Å². The molecule has 1 atom stereocenters. The summed E-state index contributed by atoms with van der Waals surface area (Å²) >= 11 is 7.38. The van der Waals surface area contributed by atoms with Crippen LogP contribution in [0, 0.1) is 0 Å². The fraction of sp³-hybridized carbons (Fsp3) is 0.286. The quantitative estimate of drug-likeness (QED) is 0.364. The van der Waals surface area contributed by atoms with Gasteiger partial charge in [-0.15, -0.1) is 10.2 Å². The second-order valence-corrected chi connectivity index (χ2v) is 8.05. The van der Waals surface area contributed by atoms with E-state index in [4.69, 9.17) is 21.1 Å². The molecule has 0 spiro atoms. The lowest BCUT2D eigenvalue weighted by atomic mass is 10.1. The third-order valence-corrected chi connectivity index (χ3v) is 5.70. The van der Waals surface area contributed by atoms with Gasteiger partial charge in [-0.3, -0.25) is 9.36 Å². The van der Waals surface area contributed by atoms with Crippen LogP contribution in [0.25, 0.3) is 11.4 Å². The molecule has 2 aromatic carbocycles. The van der Waals surface area contributed by atoms with E-state index in [2.05, 4.69) is 10.2 Å². The van der Waals surface area contributed by atoms with Crippen LogP contribution >= 0.6 is 23.4 Å². The van der Waals surface area contributed by atoms with Crippen molar-refractivity contribution in [1.29, 1.82) is 0 Å². The number of ketones is 1. The normalized spacial score (nSPS) is 12.0. The fourth-order valence-corrected chi connectivity index (χ4v) is 3.85. The van der Waals surface area contributed by atoms with Gasteiger partial charge in [0.2, 0.25) is 0 Å². The number of rotatable bonds is 9. The van der Waals surface area contributed by atoms with E-state index in [-0.39, 0.29) is 11.0 Å². The molecule has 0 saturated carbocycles. The van der Waals surface area contributed by atoms with E-state index >= 15 is 0 Å². The SMILES string of the molecule is COCCn1c(SC(C)C(=O)c2ccc(OC)cc2)nnc1-c1ccc(Cl)cc1. The fourth-order valence-electron chi connectivity index (χ4n) is 2.77. The van der Waals surface area contributed by atoms with Crippen LogP contribution in [-0.2, 0) is 11.3 Å². The number of carbonyl (C=O) groups excluding carboxylic acids is 1. The zero-order valence-electron chi connectivity index (χ0n) is 16.5. The van der Waals surface area contributed by atoms with E-state index in [1.165, 1.54) is 11.8 Å². The summed E-state index contributed by atoms with van der Waals surface area (Å²) in [6, 6.07) is 14.5. The van der Waals surface area contributed by atoms with Gasteiger partial charge in [-0.2, -0.15) is 0 Å². The Bertz CT molecular complexity index is 958. The molecular weight excluding hydrogens is 410 g/mol. The minimum Gasteiger partial charge on any atom is -0.497 e. The lowest BCUT2D eigenvalue weighted by Gasteiger charge is -2.13. The topological polar surface area (TPSA) is 66.2 Å². The summed E-state index contributed by atoms with van der Waals surface area (Å²) in [7, 11) is 3.25. The Hall–Kier alpha value is -2.35. The number of ether oxygens (including phenoxy) is 2. The Kier molecular flexibility index (Phi) is 7.30. The third kappa shape index (κ3) is 5.18. The molecule has 1 aromatic heterocycles. The van der Waals surface area contributed by atoms with Crippen LogP contribution < -0.4 is 4.74 Å². The minimum atomic E-state index is -0.327. The molecule has 152 valence electrons. The molecule has 6 nitrogen and oxygen atoms in total. The zero-order valence-corrected chi connectivity index (χ0v) is 18.0. The summed E-state index contributed by atoms with van der Waals surface area (Å²) in [6.07, 6.45) is 0. The second kappa shape index (κ2) is 9.91. The standard InChI is InChI=1S/C21H22ClN3O3S/c1-14(19(26)15-6-10-18(28-3)11-7-15)29-21-24-23-20(25(21)12-13-27-2)16-4-8-17(22)9-5-16/h4-11,14H,12-13H2,1-3H3. The van der Waals surface area contributed by atoms with Crippen molar-refractivity contribution >= 4 is 29.1 Å². The molecule has 0 aliphatic heterocycles. The van der Waals surface area contributed by atoms with Crippen molar-refractivity contribution < 1.29 is 14.3 Å². The first-order chi connectivity index (χ1) is 14.0. The van der Waals surface area contributed by atoms with Crippen molar-refractivity contribution in [2.75, 3.05) is 20.8 Å². The van der Waals surface area contributed by atoms with Gasteiger partial charge in [0.05, 0.1) is 25.5 Å². The highest BCUT2D eigenvalue weighted by Crippen LogP contribution is 2.29. The van der Waals surface area contributed by atoms with Gasteiger partial charge in [0.1, 0.15) is 5.75 Å². The lowest BCUT2D eigenvalue weighted by Crippen LogP contribution is -2.15. The molecule has 0 aliphatic rings. The molecule has 3 rings (SSSR count). The highest BCUT2D eigenvalue weighted by atomic mass is 35.5. The van der Waals surface area contributed by atoms with Gasteiger partial charge in [0.15, 0.2) is 16.8 Å². The number of carbonyl (C=O) groups is 1. The maximum absolute atomic E-state index is 12.8. The van der Waals surface area contributed by atoms with E-state index < -0.39 is 0 Å². The van der Waals surface area contributed by atoms with Crippen LogP contribution in [0.4, 0.5) is 0 Å². The lowest BCUT2D eigenvalue weighted by molar-refractivity contribution is 0.0994. The van der Waals surface area contributed by atoms with Crippen LogP contribution in [0.2, 0.25) is 5.02 Å². The van der Waals surface area contributed by atoms with Gasteiger partial charge in [-0.25, -0.2) is 0 Å². The number of aromatic nitrogens is 3. The van der Waals surface area contributed by atoms with Gasteiger partial charge >= 0.3 is 0 Å². The molecular formula is C21H22ClN3O3S. The summed E-state index contributed by atoms with van der Waals surface area (Å²) < 4.78 is 12.4. The molecule has 3 aromatic rings. The zero-order chi connectivity index (χ0) is 20.8. The molecule has 0 fully saturated rings. The number of halogens is 1. The molecule has 1 heterocycles. The van der Waals surface area contributed by atoms with E-state index in [1.807, 2.05) is 35.8 Å². The summed E-state index contributed by atoms with van der Waals surface area (Å²) in [4.78, 5) is 12.8. The highest BCUT2D eigenvalue weighted by Gasteiger charge is 2.22. The van der Waals surface area contributed by atoms with Crippen molar-refractivity contribution in [3.05, 3.63) is 59.1 Å². The van der Waals surface area contributed by atoms with E-state index in [9.17, 15) is 4.79 Å². The first-order valence-corrected chi connectivity index (χ1v) is 10.3. The number of thioether (sulfide) groups is 1. The molecule has 0 bridgehead atoms. The van der Waals surface area contributed by atoms with E-state index in [0.717, 1.165) is 5.56 Å². The average Bonchev–Trinajstić information content (AvgIpc) is 3.14. The summed E-state index contributed by atoms with van der Waals surface area (Å²) in [5, 5.41) is 9.67. The largest absolute Gasteiger partial charge is 0.497 e.